The summed E-state index contributed by atoms with van der Waals surface area (Å²) in [5, 5.41) is 33.1. The van der Waals surface area contributed by atoms with E-state index in [0.717, 1.165) is 57.8 Å². The van der Waals surface area contributed by atoms with Gasteiger partial charge in [-0.1, -0.05) is 25.7 Å². The van der Waals surface area contributed by atoms with Gasteiger partial charge < -0.3 is 20.4 Å². The number of carbonyl (C=O) groups is 2. The summed E-state index contributed by atoms with van der Waals surface area (Å²) in [5.41, 5.74) is 0. The van der Waals surface area contributed by atoms with Gasteiger partial charge in [0.05, 0.1) is 0 Å². The molecular weight excluding hydrogens is 276 g/mol. The minimum absolute atomic E-state index is 0.245. The number of unbranched alkanes of at least 4 members (excludes halogenated alkanes) is 7. The average Bonchev–Trinajstić information content (AvgIpc) is 2.42. The minimum atomic E-state index is -0.740. The number of aliphatic hydroxyl groups is 2. The van der Waals surface area contributed by atoms with Crippen LogP contribution in [0.15, 0.2) is 0 Å². The van der Waals surface area contributed by atoms with Crippen LogP contribution in [-0.4, -0.2) is 45.6 Å². The summed E-state index contributed by atoms with van der Waals surface area (Å²) in [4.78, 5) is 20.3. The van der Waals surface area contributed by atoms with E-state index in [1.165, 1.54) is 0 Å². The molecule has 0 spiro atoms. The second kappa shape index (κ2) is 18.9. The minimum Gasteiger partial charge on any atom is -0.481 e. The summed E-state index contributed by atoms with van der Waals surface area (Å²) < 4.78 is 0. The van der Waals surface area contributed by atoms with E-state index in [2.05, 4.69) is 0 Å². The normalized spacial score (nSPS) is 9.81. The Hall–Kier alpha value is -1.14. The molecule has 0 aliphatic rings. The zero-order valence-corrected chi connectivity index (χ0v) is 12.8. The average molecular weight is 306 g/mol. The van der Waals surface area contributed by atoms with Crippen LogP contribution in [0.25, 0.3) is 0 Å². The van der Waals surface area contributed by atoms with Crippen molar-refractivity contribution in [2.75, 3.05) is 13.2 Å². The van der Waals surface area contributed by atoms with Crippen LogP contribution in [0.4, 0.5) is 0 Å². The van der Waals surface area contributed by atoms with Crippen LogP contribution in [-0.2, 0) is 9.59 Å². The summed E-state index contributed by atoms with van der Waals surface area (Å²) in [5.74, 6) is -1.48. The smallest absolute Gasteiger partial charge is 0.303 e. The van der Waals surface area contributed by atoms with Gasteiger partial charge in [-0.15, -0.1) is 0 Å². The van der Waals surface area contributed by atoms with Crippen molar-refractivity contribution in [2.24, 2.45) is 0 Å². The molecule has 4 N–H and O–H groups in total. The number of aliphatic hydroxyl groups excluding tert-OH is 2. The first-order valence-electron chi connectivity index (χ1n) is 7.70. The highest BCUT2D eigenvalue weighted by atomic mass is 16.4. The maximum Gasteiger partial charge on any atom is 0.303 e. The Labute approximate surface area is 126 Å². The van der Waals surface area contributed by atoms with E-state index < -0.39 is 11.9 Å². The quantitative estimate of drug-likeness (QED) is 0.388. The summed E-state index contributed by atoms with van der Waals surface area (Å²) >= 11 is 0. The van der Waals surface area contributed by atoms with E-state index >= 15 is 0 Å². The topological polar surface area (TPSA) is 115 Å². The Morgan fingerprint density at radius 2 is 0.810 bits per heavy atom. The SMILES string of the molecule is O=C(O)CCCCCCCCC(=O)O.OCCCCCO. The van der Waals surface area contributed by atoms with Gasteiger partial charge in [-0.25, -0.2) is 0 Å². The molecule has 6 heteroatoms. The van der Waals surface area contributed by atoms with Gasteiger partial charge in [0.1, 0.15) is 0 Å². The molecule has 0 aromatic heterocycles. The highest BCUT2D eigenvalue weighted by molar-refractivity contribution is 5.66. The van der Waals surface area contributed by atoms with Crippen LogP contribution in [0.2, 0.25) is 0 Å². The Balaban J connectivity index is 0. The van der Waals surface area contributed by atoms with Crippen molar-refractivity contribution in [3.05, 3.63) is 0 Å². The molecule has 0 rings (SSSR count). The van der Waals surface area contributed by atoms with Gasteiger partial charge in [0.2, 0.25) is 0 Å². The van der Waals surface area contributed by atoms with Gasteiger partial charge in [0.15, 0.2) is 0 Å². The predicted molar refractivity (Wildman–Crippen MR) is 80.2 cm³/mol. The number of carboxylic acid groups (broad SMARTS) is 2. The Morgan fingerprint density at radius 3 is 1.10 bits per heavy atom. The van der Waals surface area contributed by atoms with Crippen molar-refractivity contribution < 1.29 is 30.0 Å². The lowest BCUT2D eigenvalue weighted by Gasteiger charge is -1.98. The zero-order chi connectivity index (χ0) is 16.3. The lowest BCUT2D eigenvalue weighted by Crippen LogP contribution is -1.94. The van der Waals surface area contributed by atoms with Gasteiger partial charge >= 0.3 is 11.9 Å². The van der Waals surface area contributed by atoms with Gasteiger partial charge in [-0.3, -0.25) is 9.59 Å². The van der Waals surface area contributed by atoms with Gasteiger partial charge in [-0.05, 0) is 32.1 Å². The van der Waals surface area contributed by atoms with E-state index in [1.807, 2.05) is 0 Å². The largest absolute Gasteiger partial charge is 0.481 e. The third-order valence-corrected chi connectivity index (χ3v) is 2.85. The van der Waals surface area contributed by atoms with Crippen LogP contribution < -0.4 is 0 Å². The molecular formula is C15H30O6. The van der Waals surface area contributed by atoms with Crippen LogP contribution >= 0.6 is 0 Å². The van der Waals surface area contributed by atoms with E-state index in [9.17, 15) is 9.59 Å². The molecule has 0 fully saturated rings. The van der Waals surface area contributed by atoms with Crippen molar-refractivity contribution in [1.29, 1.82) is 0 Å². The lowest BCUT2D eigenvalue weighted by atomic mass is 10.1. The number of aliphatic carboxylic acids is 2. The molecule has 0 saturated carbocycles. The molecule has 21 heavy (non-hydrogen) atoms. The first-order chi connectivity index (χ1) is 10.0. The number of carboxylic acids is 2. The third-order valence-electron chi connectivity index (χ3n) is 2.85. The molecule has 0 aliphatic heterocycles. The van der Waals surface area contributed by atoms with Gasteiger partial charge in [-0.2, -0.15) is 0 Å². The van der Waals surface area contributed by atoms with Crippen LogP contribution in [0.5, 0.6) is 0 Å². The lowest BCUT2D eigenvalue weighted by molar-refractivity contribution is -0.138. The third kappa shape index (κ3) is 27.9. The summed E-state index contributed by atoms with van der Waals surface area (Å²) in [6.07, 6.45) is 8.40. The maximum atomic E-state index is 10.1. The predicted octanol–water partition coefficient (Wildman–Crippen LogP) is 2.42. The highest BCUT2D eigenvalue weighted by Gasteiger charge is 1.98. The van der Waals surface area contributed by atoms with Crippen LogP contribution in [0.1, 0.15) is 70.6 Å². The summed E-state index contributed by atoms with van der Waals surface area (Å²) in [6, 6.07) is 0. The van der Waals surface area contributed by atoms with E-state index in [0.29, 0.717) is 0 Å². The van der Waals surface area contributed by atoms with Crippen molar-refractivity contribution >= 4 is 11.9 Å². The second-order valence-corrected chi connectivity index (χ2v) is 4.92. The van der Waals surface area contributed by atoms with E-state index in [1.54, 1.807) is 0 Å². The first-order valence-corrected chi connectivity index (χ1v) is 7.70. The van der Waals surface area contributed by atoms with E-state index in [4.69, 9.17) is 20.4 Å². The molecule has 0 heterocycles. The molecule has 0 amide bonds. The first kappa shape index (κ1) is 22.1. The van der Waals surface area contributed by atoms with Gasteiger partial charge in [0, 0.05) is 26.1 Å². The molecule has 0 radical (unpaired) electrons. The molecule has 0 aliphatic carbocycles. The Kier molecular flexibility index (Phi) is 19.9. The molecule has 0 aromatic rings. The van der Waals surface area contributed by atoms with Crippen molar-refractivity contribution in [3.8, 4) is 0 Å². The number of hydrogen-bond acceptors (Lipinski definition) is 4. The Bertz CT molecular complexity index is 218. The van der Waals surface area contributed by atoms with Crippen LogP contribution in [0.3, 0.4) is 0 Å². The zero-order valence-electron chi connectivity index (χ0n) is 12.8. The summed E-state index contributed by atoms with van der Waals surface area (Å²) in [7, 11) is 0. The molecule has 0 atom stereocenters. The number of rotatable bonds is 13. The van der Waals surface area contributed by atoms with Gasteiger partial charge in [0.25, 0.3) is 0 Å². The molecule has 0 aromatic carbocycles. The van der Waals surface area contributed by atoms with Crippen molar-refractivity contribution in [2.45, 2.75) is 70.6 Å². The highest BCUT2D eigenvalue weighted by Crippen LogP contribution is 2.08. The van der Waals surface area contributed by atoms with E-state index in [-0.39, 0.29) is 26.1 Å². The Morgan fingerprint density at radius 1 is 0.524 bits per heavy atom. The molecule has 0 saturated heterocycles. The monoisotopic (exact) mass is 306 g/mol. The fraction of sp³-hybridized carbons (Fsp3) is 0.867. The standard InChI is InChI=1S/C10H18O4.C5H12O2/c11-9(12)7-5-3-1-2-4-6-8-10(13)14;6-4-2-1-3-5-7/h1-8H2,(H,11,12)(H,13,14);6-7H,1-5H2. The number of hydrogen-bond donors (Lipinski definition) is 4. The maximum absolute atomic E-state index is 10.1. The fourth-order valence-corrected chi connectivity index (χ4v) is 1.66. The molecule has 6 nitrogen and oxygen atoms in total. The van der Waals surface area contributed by atoms with Crippen molar-refractivity contribution in [3.63, 3.8) is 0 Å². The fourth-order valence-electron chi connectivity index (χ4n) is 1.66. The summed E-state index contributed by atoms with van der Waals surface area (Å²) in [6.45, 7) is 0.500. The molecule has 0 bridgehead atoms. The van der Waals surface area contributed by atoms with Crippen LogP contribution in [0, 0.1) is 0 Å². The molecule has 0 unspecified atom stereocenters. The van der Waals surface area contributed by atoms with Crippen molar-refractivity contribution in [1.82, 2.24) is 0 Å². The molecule has 126 valence electrons. The second-order valence-electron chi connectivity index (χ2n) is 4.92.